The maximum absolute atomic E-state index is 12.3. The van der Waals surface area contributed by atoms with Gasteiger partial charge in [-0.1, -0.05) is 0 Å². The summed E-state index contributed by atoms with van der Waals surface area (Å²) in [6, 6.07) is 2.68. The van der Waals surface area contributed by atoms with Gasteiger partial charge in [0.05, 0.1) is 4.88 Å². The van der Waals surface area contributed by atoms with Gasteiger partial charge < -0.3 is 10.2 Å². The maximum atomic E-state index is 12.3. The van der Waals surface area contributed by atoms with Crippen LogP contribution in [0.4, 0.5) is 0 Å². The van der Waals surface area contributed by atoms with Crippen LogP contribution in [0.2, 0.25) is 0 Å². The quantitative estimate of drug-likeness (QED) is 0.810. The van der Waals surface area contributed by atoms with Crippen molar-refractivity contribution in [3.63, 3.8) is 0 Å². The van der Waals surface area contributed by atoms with Crippen LogP contribution in [0.3, 0.4) is 0 Å². The number of carbonyl (C=O) groups excluding carboxylic acids is 1. The number of rotatable bonds is 1. The topological polar surface area (TPSA) is 32.3 Å². The van der Waals surface area contributed by atoms with Gasteiger partial charge in [0.1, 0.15) is 0 Å². The summed E-state index contributed by atoms with van der Waals surface area (Å²) in [7, 11) is 0. The molecule has 16 heavy (non-hydrogen) atoms. The molecule has 1 amide bonds. The maximum Gasteiger partial charge on any atom is 0.264 e. The summed E-state index contributed by atoms with van der Waals surface area (Å²) in [6.07, 6.45) is 0. The number of piperazine rings is 1. The number of thiophene rings is 1. The van der Waals surface area contributed by atoms with Crippen molar-refractivity contribution < 1.29 is 4.79 Å². The lowest BCUT2D eigenvalue weighted by Gasteiger charge is -2.37. The largest absolute Gasteiger partial charge is 0.332 e. The van der Waals surface area contributed by atoms with Gasteiger partial charge in [0.2, 0.25) is 0 Å². The van der Waals surface area contributed by atoms with Gasteiger partial charge in [-0.2, -0.15) is 0 Å². The summed E-state index contributed by atoms with van der Waals surface area (Å²) in [5, 5.41) is 5.37. The molecular weight excluding hydrogens is 220 g/mol. The molecule has 0 aromatic carbocycles. The van der Waals surface area contributed by atoms with Gasteiger partial charge in [0.15, 0.2) is 0 Å². The lowest BCUT2D eigenvalue weighted by atomic mass is 10.1. The third-order valence-electron chi connectivity index (χ3n) is 3.08. The molecule has 2 rings (SSSR count). The standard InChI is InChI=1S/C12H18N2OS/c1-8-4-5-16-11(8)12(15)14-7-9(2)13-6-10(14)3/h4-5,9-10,13H,6-7H2,1-3H3. The zero-order valence-electron chi connectivity index (χ0n) is 9.99. The SMILES string of the molecule is Cc1ccsc1C(=O)N1CC(C)NCC1C. The molecule has 1 aromatic heterocycles. The fourth-order valence-electron chi connectivity index (χ4n) is 2.03. The number of aryl methyl sites for hydroxylation is 1. The van der Waals surface area contributed by atoms with Crippen LogP contribution in [-0.2, 0) is 0 Å². The number of nitrogens with one attached hydrogen (secondary N) is 1. The Morgan fingerprint density at radius 2 is 2.31 bits per heavy atom. The highest BCUT2D eigenvalue weighted by Gasteiger charge is 2.28. The first-order valence-corrected chi connectivity index (χ1v) is 6.56. The molecule has 4 heteroatoms. The normalized spacial score (nSPS) is 25.8. The van der Waals surface area contributed by atoms with Gasteiger partial charge in [0, 0.05) is 25.2 Å². The molecule has 1 saturated heterocycles. The zero-order chi connectivity index (χ0) is 11.7. The Bertz CT molecular complexity index is 388. The molecule has 1 aliphatic heterocycles. The summed E-state index contributed by atoms with van der Waals surface area (Å²) in [6.45, 7) is 7.90. The van der Waals surface area contributed by atoms with Crippen molar-refractivity contribution in [1.29, 1.82) is 0 Å². The second kappa shape index (κ2) is 4.55. The number of hydrogen-bond donors (Lipinski definition) is 1. The molecule has 0 saturated carbocycles. The fourth-order valence-corrected chi connectivity index (χ4v) is 2.91. The van der Waals surface area contributed by atoms with Crippen molar-refractivity contribution in [2.45, 2.75) is 32.9 Å². The van der Waals surface area contributed by atoms with Crippen molar-refractivity contribution in [2.24, 2.45) is 0 Å². The predicted molar refractivity (Wildman–Crippen MR) is 67.0 cm³/mol. The third-order valence-corrected chi connectivity index (χ3v) is 4.09. The molecule has 0 aliphatic carbocycles. The van der Waals surface area contributed by atoms with Crippen LogP contribution >= 0.6 is 11.3 Å². The number of hydrogen-bond acceptors (Lipinski definition) is 3. The summed E-state index contributed by atoms with van der Waals surface area (Å²) in [5.74, 6) is 0.188. The molecule has 0 spiro atoms. The summed E-state index contributed by atoms with van der Waals surface area (Å²) >= 11 is 1.54. The van der Waals surface area contributed by atoms with E-state index in [-0.39, 0.29) is 11.9 Å². The predicted octanol–water partition coefficient (Wildman–Crippen LogP) is 1.88. The van der Waals surface area contributed by atoms with E-state index < -0.39 is 0 Å². The molecule has 1 aliphatic rings. The van der Waals surface area contributed by atoms with Crippen molar-refractivity contribution in [2.75, 3.05) is 13.1 Å². The molecule has 1 N–H and O–H groups in total. The molecular formula is C12H18N2OS. The van der Waals surface area contributed by atoms with E-state index in [2.05, 4.69) is 19.2 Å². The van der Waals surface area contributed by atoms with E-state index in [1.807, 2.05) is 23.3 Å². The minimum Gasteiger partial charge on any atom is -0.332 e. The van der Waals surface area contributed by atoms with E-state index in [1.165, 1.54) is 0 Å². The molecule has 3 nitrogen and oxygen atoms in total. The van der Waals surface area contributed by atoms with Crippen molar-refractivity contribution in [1.82, 2.24) is 10.2 Å². The second-order valence-electron chi connectivity index (χ2n) is 4.55. The van der Waals surface area contributed by atoms with Crippen LogP contribution in [0.5, 0.6) is 0 Å². The Morgan fingerprint density at radius 1 is 1.56 bits per heavy atom. The van der Waals surface area contributed by atoms with Crippen LogP contribution in [0.25, 0.3) is 0 Å². The highest BCUT2D eigenvalue weighted by atomic mass is 32.1. The lowest BCUT2D eigenvalue weighted by Crippen LogP contribution is -2.56. The molecule has 2 unspecified atom stereocenters. The van der Waals surface area contributed by atoms with Crippen LogP contribution in [0.1, 0.15) is 29.1 Å². The van der Waals surface area contributed by atoms with Gasteiger partial charge in [-0.3, -0.25) is 4.79 Å². The number of carbonyl (C=O) groups is 1. The average molecular weight is 238 g/mol. The fraction of sp³-hybridized carbons (Fsp3) is 0.583. The lowest BCUT2D eigenvalue weighted by molar-refractivity contribution is 0.0620. The Kier molecular flexibility index (Phi) is 3.30. The highest BCUT2D eigenvalue weighted by molar-refractivity contribution is 7.12. The van der Waals surface area contributed by atoms with E-state index >= 15 is 0 Å². The van der Waals surface area contributed by atoms with Crippen molar-refractivity contribution >= 4 is 17.2 Å². The molecule has 2 atom stereocenters. The van der Waals surface area contributed by atoms with Gasteiger partial charge in [-0.15, -0.1) is 11.3 Å². The van der Waals surface area contributed by atoms with Gasteiger partial charge in [-0.25, -0.2) is 0 Å². The van der Waals surface area contributed by atoms with E-state index in [4.69, 9.17) is 0 Å². The van der Waals surface area contributed by atoms with E-state index in [0.29, 0.717) is 6.04 Å². The van der Waals surface area contributed by atoms with Gasteiger partial charge in [0.25, 0.3) is 5.91 Å². The molecule has 1 aromatic rings. The van der Waals surface area contributed by atoms with Crippen LogP contribution in [-0.4, -0.2) is 36.0 Å². The summed E-state index contributed by atoms with van der Waals surface area (Å²) in [4.78, 5) is 15.2. The van der Waals surface area contributed by atoms with E-state index in [0.717, 1.165) is 23.5 Å². The van der Waals surface area contributed by atoms with Crippen LogP contribution < -0.4 is 5.32 Å². The van der Waals surface area contributed by atoms with Crippen molar-refractivity contribution in [3.05, 3.63) is 21.9 Å². The Hall–Kier alpha value is -0.870. The summed E-state index contributed by atoms with van der Waals surface area (Å²) in [5.41, 5.74) is 1.09. The first kappa shape index (κ1) is 11.6. The average Bonchev–Trinajstić information content (AvgIpc) is 2.67. The van der Waals surface area contributed by atoms with E-state index in [9.17, 15) is 4.79 Å². The summed E-state index contributed by atoms with van der Waals surface area (Å²) < 4.78 is 0. The highest BCUT2D eigenvalue weighted by Crippen LogP contribution is 2.20. The zero-order valence-corrected chi connectivity index (χ0v) is 10.8. The molecule has 2 heterocycles. The Balaban J connectivity index is 2.18. The first-order valence-electron chi connectivity index (χ1n) is 5.68. The minimum atomic E-state index is 0.188. The Morgan fingerprint density at radius 3 is 2.94 bits per heavy atom. The Labute approximate surface area is 100 Å². The van der Waals surface area contributed by atoms with Gasteiger partial charge in [-0.05, 0) is 37.8 Å². The monoisotopic (exact) mass is 238 g/mol. The molecule has 1 fully saturated rings. The molecule has 0 bridgehead atoms. The van der Waals surface area contributed by atoms with Crippen molar-refractivity contribution in [3.8, 4) is 0 Å². The second-order valence-corrected chi connectivity index (χ2v) is 5.46. The number of amides is 1. The third kappa shape index (κ3) is 2.13. The molecule has 88 valence electrons. The van der Waals surface area contributed by atoms with Gasteiger partial charge >= 0.3 is 0 Å². The smallest absolute Gasteiger partial charge is 0.264 e. The first-order chi connectivity index (χ1) is 7.59. The van der Waals surface area contributed by atoms with Crippen LogP contribution in [0.15, 0.2) is 11.4 Å². The molecule has 0 radical (unpaired) electrons. The number of nitrogens with zero attached hydrogens (tertiary/aromatic N) is 1. The van der Waals surface area contributed by atoms with E-state index in [1.54, 1.807) is 11.3 Å². The minimum absolute atomic E-state index is 0.188. The van der Waals surface area contributed by atoms with Crippen LogP contribution in [0, 0.1) is 6.92 Å².